The van der Waals surface area contributed by atoms with Gasteiger partial charge in [0.15, 0.2) is 6.04 Å². The number of amides is 1. The predicted molar refractivity (Wildman–Crippen MR) is 115 cm³/mol. The van der Waals surface area contributed by atoms with Crippen LogP contribution in [0, 0.1) is 0 Å². The zero-order chi connectivity index (χ0) is 22.9. The smallest absolute Gasteiger partial charge is 0.350 e. The van der Waals surface area contributed by atoms with E-state index in [1.807, 2.05) is 44.2 Å². The van der Waals surface area contributed by atoms with Crippen LogP contribution in [0.25, 0.3) is 0 Å². The van der Waals surface area contributed by atoms with E-state index >= 15 is 0 Å². The molecule has 4 rings (SSSR count). The average Bonchev–Trinajstić information content (AvgIpc) is 3.00. The number of halogens is 3. The van der Waals surface area contributed by atoms with E-state index in [1.165, 1.54) is 18.3 Å². The molecule has 1 fully saturated rings. The first-order valence-corrected chi connectivity index (χ1v) is 10.2. The van der Waals surface area contributed by atoms with Crippen LogP contribution in [0.4, 0.5) is 19.1 Å². The summed E-state index contributed by atoms with van der Waals surface area (Å²) in [5, 5.41) is 5.41. The molecule has 2 aromatic carbocycles. The number of alkyl halides is 3. The van der Waals surface area contributed by atoms with Crippen molar-refractivity contribution in [1.29, 1.82) is 0 Å². The molecule has 3 atom stereocenters. The quantitative estimate of drug-likeness (QED) is 0.588. The Morgan fingerprint density at radius 1 is 1.00 bits per heavy atom. The van der Waals surface area contributed by atoms with E-state index in [1.54, 1.807) is 24.3 Å². The van der Waals surface area contributed by atoms with Crippen LogP contribution in [0.15, 0.2) is 72.9 Å². The fraction of sp³-hybridized carbons (Fsp3) is 0.292. The van der Waals surface area contributed by atoms with Crippen LogP contribution in [0.1, 0.15) is 48.5 Å². The SMILES string of the molecule is CC1(C)NC(=O)C(c2ccnc(NC(c3ccccc3)C(F)(F)F)n2)[C@@H]1c1ccccc1. The summed E-state index contributed by atoms with van der Waals surface area (Å²) in [6, 6.07) is 16.7. The van der Waals surface area contributed by atoms with Gasteiger partial charge in [-0.1, -0.05) is 60.7 Å². The molecule has 1 saturated heterocycles. The second kappa shape index (κ2) is 8.26. The molecule has 1 aliphatic rings. The molecule has 166 valence electrons. The molecule has 0 saturated carbocycles. The van der Waals surface area contributed by atoms with Crippen molar-refractivity contribution < 1.29 is 18.0 Å². The summed E-state index contributed by atoms with van der Waals surface area (Å²) in [7, 11) is 0. The molecule has 2 heterocycles. The summed E-state index contributed by atoms with van der Waals surface area (Å²) in [6.07, 6.45) is -3.18. The summed E-state index contributed by atoms with van der Waals surface area (Å²) >= 11 is 0. The predicted octanol–water partition coefficient (Wildman–Crippen LogP) is 4.97. The second-order valence-corrected chi connectivity index (χ2v) is 8.41. The highest BCUT2D eigenvalue weighted by molar-refractivity contribution is 5.88. The minimum Gasteiger partial charge on any atom is -0.350 e. The minimum absolute atomic E-state index is 0.0518. The number of aromatic nitrogens is 2. The number of hydrogen-bond acceptors (Lipinski definition) is 4. The Bertz CT molecular complexity index is 1090. The fourth-order valence-electron chi connectivity index (χ4n) is 4.36. The summed E-state index contributed by atoms with van der Waals surface area (Å²) in [6.45, 7) is 3.86. The maximum Gasteiger partial charge on any atom is 0.412 e. The van der Waals surface area contributed by atoms with Crippen molar-refractivity contribution in [3.63, 3.8) is 0 Å². The first-order chi connectivity index (χ1) is 15.2. The van der Waals surface area contributed by atoms with Gasteiger partial charge in [-0.15, -0.1) is 0 Å². The Balaban J connectivity index is 1.69. The molecule has 1 amide bonds. The molecule has 0 aliphatic carbocycles. The summed E-state index contributed by atoms with van der Waals surface area (Å²) in [5.41, 5.74) is 0.816. The Hall–Kier alpha value is -3.42. The molecule has 5 nitrogen and oxygen atoms in total. The Labute approximate surface area is 184 Å². The molecule has 2 unspecified atom stereocenters. The van der Waals surface area contributed by atoms with Crippen molar-refractivity contribution in [2.75, 3.05) is 5.32 Å². The normalized spacial score (nSPS) is 21.1. The highest BCUT2D eigenvalue weighted by Gasteiger charge is 2.49. The molecule has 0 radical (unpaired) electrons. The lowest BCUT2D eigenvalue weighted by atomic mass is 9.76. The molecule has 32 heavy (non-hydrogen) atoms. The number of benzene rings is 2. The zero-order valence-electron chi connectivity index (χ0n) is 17.6. The van der Waals surface area contributed by atoms with E-state index in [-0.39, 0.29) is 23.3 Å². The number of carbonyl (C=O) groups is 1. The van der Waals surface area contributed by atoms with Crippen molar-refractivity contribution >= 4 is 11.9 Å². The number of nitrogens with one attached hydrogen (secondary N) is 2. The summed E-state index contributed by atoms with van der Waals surface area (Å²) < 4.78 is 41.3. The van der Waals surface area contributed by atoms with Gasteiger partial charge < -0.3 is 10.6 Å². The maximum atomic E-state index is 13.8. The first-order valence-electron chi connectivity index (χ1n) is 10.2. The maximum absolute atomic E-state index is 13.8. The summed E-state index contributed by atoms with van der Waals surface area (Å²) in [4.78, 5) is 21.3. The van der Waals surface area contributed by atoms with E-state index in [9.17, 15) is 18.0 Å². The fourth-order valence-corrected chi connectivity index (χ4v) is 4.36. The molecular weight excluding hydrogens is 417 g/mol. The molecule has 2 N–H and O–H groups in total. The van der Waals surface area contributed by atoms with Crippen molar-refractivity contribution in [2.24, 2.45) is 0 Å². The standard InChI is InChI=1S/C24H23F3N4O/c1-23(2)19(15-9-5-3-6-10-15)18(21(32)31-23)17-13-14-28-22(29-17)30-20(24(25,26)27)16-11-7-4-8-12-16/h3-14,18-20H,1-2H3,(H,31,32)(H,28,29,30)/t18?,19-,20?/m0/s1. The topological polar surface area (TPSA) is 66.9 Å². The van der Waals surface area contributed by atoms with Crippen LogP contribution in [-0.4, -0.2) is 27.6 Å². The largest absolute Gasteiger partial charge is 0.412 e. The van der Waals surface area contributed by atoms with E-state index in [4.69, 9.17) is 0 Å². The molecular formula is C24H23F3N4O. The molecule has 0 bridgehead atoms. The summed E-state index contributed by atoms with van der Waals surface area (Å²) in [5.74, 6) is -1.30. The molecule has 8 heteroatoms. The van der Waals surface area contributed by atoms with Gasteiger partial charge >= 0.3 is 6.18 Å². The molecule has 0 spiro atoms. The van der Waals surface area contributed by atoms with E-state index in [2.05, 4.69) is 20.6 Å². The van der Waals surface area contributed by atoms with Crippen molar-refractivity contribution in [1.82, 2.24) is 15.3 Å². The lowest BCUT2D eigenvalue weighted by Crippen LogP contribution is -2.38. The lowest BCUT2D eigenvalue weighted by molar-refractivity contribution is -0.144. The Kier molecular flexibility index (Phi) is 5.62. The van der Waals surface area contributed by atoms with Crippen LogP contribution in [0.5, 0.6) is 0 Å². The van der Waals surface area contributed by atoms with Gasteiger partial charge in [-0.2, -0.15) is 13.2 Å². The van der Waals surface area contributed by atoms with Gasteiger partial charge in [0.1, 0.15) is 0 Å². The minimum atomic E-state index is -4.56. The molecule has 3 aromatic rings. The number of nitrogens with zero attached hydrogens (tertiary/aromatic N) is 2. The lowest BCUT2D eigenvalue weighted by Gasteiger charge is -2.29. The number of anilines is 1. The van der Waals surface area contributed by atoms with E-state index < -0.39 is 23.7 Å². The van der Waals surface area contributed by atoms with Crippen molar-refractivity contribution in [2.45, 2.75) is 43.4 Å². The highest BCUT2D eigenvalue weighted by Crippen LogP contribution is 2.45. The number of rotatable bonds is 5. The molecule has 1 aliphatic heterocycles. The van der Waals surface area contributed by atoms with Gasteiger partial charge in [0, 0.05) is 17.7 Å². The average molecular weight is 440 g/mol. The van der Waals surface area contributed by atoms with E-state index in [0.29, 0.717) is 5.69 Å². The molecule has 1 aromatic heterocycles. The van der Waals surface area contributed by atoms with Crippen molar-refractivity contribution in [3.8, 4) is 0 Å². The third kappa shape index (κ3) is 4.30. The van der Waals surface area contributed by atoms with Gasteiger partial charge in [0.25, 0.3) is 0 Å². The second-order valence-electron chi connectivity index (χ2n) is 8.41. The first kappa shape index (κ1) is 21.8. The third-order valence-corrected chi connectivity index (χ3v) is 5.73. The zero-order valence-corrected chi connectivity index (χ0v) is 17.6. The van der Waals surface area contributed by atoms with Gasteiger partial charge in [-0.05, 0) is 31.0 Å². The van der Waals surface area contributed by atoms with Crippen LogP contribution < -0.4 is 10.6 Å². The highest BCUT2D eigenvalue weighted by atomic mass is 19.4. The Morgan fingerprint density at radius 3 is 2.25 bits per heavy atom. The number of carbonyl (C=O) groups excluding carboxylic acids is 1. The van der Waals surface area contributed by atoms with Gasteiger partial charge in [-0.3, -0.25) is 4.79 Å². The van der Waals surface area contributed by atoms with Crippen LogP contribution >= 0.6 is 0 Å². The van der Waals surface area contributed by atoms with Crippen LogP contribution in [-0.2, 0) is 4.79 Å². The van der Waals surface area contributed by atoms with Gasteiger partial charge in [-0.25, -0.2) is 9.97 Å². The van der Waals surface area contributed by atoms with Crippen molar-refractivity contribution in [3.05, 3.63) is 89.7 Å². The van der Waals surface area contributed by atoms with Gasteiger partial charge in [0.2, 0.25) is 11.9 Å². The Morgan fingerprint density at radius 2 is 1.62 bits per heavy atom. The third-order valence-electron chi connectivity index (χ3n) is 5.73. The van der Waals surface area contributed by atoms with Crippen LogP contribution in [0.3, 0.4) is 0 Å². The number of hydrogen-bond donors (Lipinski definition) is 2. The van der Waals surface area contributed by atoms with E-state index in [0.717, 1.165) is 5.56 Å². The van der Waals surface area contributed by atoms with Gasteiger partial charge in [0.05, 0.1) is 11.6 Å². The monoisotopic (exact) mass is 440 g/mol. The van der Waals surface area contributed by atoms with Crippen LogP contribution in [0.2, 0.25) is 0 Å².